The Morgan fingerprint density at radius 2 is 2.03 bits per heavy atom. The molecule has 0 bridgehead atoms. The van der Waals surface area contributed by atoms with E-state index in [1.54, 1.807) is 20.3 Å². The highest BCUT2D eigenvalue weighted by atomic mass is 35.5. The molecule has 1 saturated heterocycles. The predicted octanol–water partition coefficient (Wildman–Crippen LogP) is 2.61. The molecule has 1 unspecified atom stereocenters. The molecule has 0 radical (unpaired) electrons. The van der Waals surface area contributed by atoms with Crippen molar-refractivity contribution in [2.75, 3.05) is 67.3 Å². The van der Waals surface area contributed by atoms with Gasteiger partial charge >= 0.3 is 0 Å². The summed E-state index contributed by atoms with van der Waals surface area (Å²) in [4.78, 5) is 15.4. The minimum Gasteiger partial charge on any atom is -0.491 e. The van der Waals surface area contributed by atoms with Crippen LogP contribution in [0.15, 0.2) is 6.07 Å². The number of fused-ring (bicyclic) bond motifs is 1. The average Bonchev–Trinajstić information content (AvgIpc) is 3.03. The van der Waals surface area contributed by atoms with Crippen molar-refractivity contribution in [3.8, 4) is 17.2 Å². The Hall–Kier alpha value is -1.74. The lowest BCUT2D eigenvalue weighted by atomic mass is 9.93. The molecule has 1 aromatic carbocycles. The Labute approximate surface area is 189 Å². The molecule has 0 aromatic heterocycles. The van der Waals surface area contributed by atoms with Gasteiger partial charge in [0.2, 0.25) is 5.75 Å². The van der Waals surface area contributed by atoms with Gasteiger partial charge in [0.25, 0.3) is 5.91 Å². The molecular formula is C22H33ClN2O6. The maximum absolute atomic E-state index is 13.0. The molecule has 31 heavy (non-hydrogen) atoms. The van der Waals surface area contributed by atoms with E-state index in [4.69, 9.17) is 35.3 Å². The van der Waals surface area contributed by atoms with Crippen LogP contribution in [0.1, 0.15) is 29.6 Å². The normalized spacial score (nSPS) is 21.4. The van der Waals surface area contributed by atoms with Gasteiger partial charge in [0.15, 0.2) is 11.5 Å². The van der Waals surface area contributed by atoms with Crippen molar-refractivity contribution in [1.82, 2.24) is 10.2 Å². The maximum atomic E-state index is 13.0. The number of likely N-dealkylation sites (tertiary alicyclic amines) is 1. The number of amides is 1. The van der Waals surface area contributed by atoms with E-state index < -0.39 is 0 Å². The molecule has 8 nitrogen and oxygen atoms in total. The Balaban J connectivity index is 1.65. The fourth-order valence-electron chi connectivity index (χ4n) is 4.12. The van der Waals surface area contributed by atoms with Crippen LogP contribution in [-0.2, 0) is 9.47 Å². The molecule has 0 aliphatic carbocycles. The molecule has 1 amide bonds. The van der Waals surface area contributed by atoms with Gasteiger partial charge in [-0.05, 0) is 25.5 Å². The van der Waals surface area contributed by atoms with Gasteiger partial charge < -0.3 is 33.9 Å². The molecule has 1 N–H and O–H groups in total. The van der Waals surface area contributed by atoms with Crippen molar-refractivity contribution in [1.29, 1.82) is 0 Å². The third kappa shape index (κ3) is 5.94. The molecular weight excluding hydrogens is 424 g/mol. The molecule has 2 aliphatic rings. The number of nitrogens with zero attached hydrogens (tertiary/aromatic N) is 1. The molecule has 9 heteroatoms. The molecule has 3 rings (SSSR count). The van der Waals surface area contributed by atoms with Crippen LogP contribution in [0.4, 0.5) is 0 Å². The van der Waals surface area contributed by atoms with E-state index >= 15 is 0 Å². The number of nitrogens with one attached hydrogen (secondary N) is 1. The van der Waals surface area contributed by atoms with Gasteiger partial charge in [-0.3, -0.25) is 4.79 Å². The first-order valence-corrected chi connectivity index (χ1v) is 11.1. The fraction of sp³-hybridized carbons (Fsp3) is 0.682. The maximum Gasteiger partial charge on any atom is 0.255 e. The Morgan fingerprint density at radius 1 is 1.26 bits per heavy atom. The zero-order chi connectivity index (χ0) is 22.2. The van der Waals surface area contributed by atoms with E-state index in [9.17, 15) is 4.79 Å². The zero-order valence-electron chi connectivity index (χ0n) is 18.6. The topological polar surface area (TPSA) is 78.5 Å². The lowest BCUT2D eigenvalue weighted by Crippen LogP contribution is -2.48. The highest BCUT2D eigenvalue weighted by Gasteiger charge is 2.31. The van der Waals surface area contributed by atoms with Crippen molar-refractivity contribution in [2.45, 2.75) is 25.4 Å². The molecule has 174 valence electrons. The van der Waals surface area contributed by atoms with Crippen molar-refractivity contribution >= 4 is 17.5 Å². The predicted molar refractivity (Wildman–Crippen MR) is 118 cm³/mol. The number of ether oxygens (including phenoxy) is 5. The highest BCUT2D eigenvalue weighted by molar-refractivity contribution is 6.33. The molecule has 0 spiro atoms. The standard InChI is InChI=1S/C22H33ClN2O6/c1-27-9-4-7-25-8-6-15(18(14-25)28-2)13-24-22(26)16-12-17(23)20(29-3)21-19(16)30-10-5-11-31-21/h12,15,18H,4-11,13-14H2,1-3H3,(H,24,26)/t15-,18?/m0/s1. The third-order valence-corrected chi connectivity index (χ3v) is 6.09. The lowest BCUT2D eigenvalue weighted by molar-refractivity contribution is -0.0121. The van der Waals surface area contributed by atoms with E-state index in [0.717, 1.165) is 45.5 Å². The molecule has 2 heterocycles. The SMILES string of the molecule is COCCCN1CC[C@@H](CNC(=O)c2cc(Cl)c(OC)c3c2OCCCO3)C(OC)C1. The molecule has 0 saturated carbocycles. The van der Waals surface area contributed by atoms with E-state index in [0.29, 0.717) is 47.6 Å². The summed E-state index contributed by atoms with van der Waals surface area (Å²) in [6.07, 6.45) is 2.73. The van der Waals surface area contributed by atoms with Crippen LogP contribution in [0, 0.1) is 5.92 Å². The molecule has 1 aromatic rings. The van der Waals surface area contributed by atoms with Crippen LogP contribution in [0.3, 0.4) is 0 Å². The smallest absolute Gasteiger partial charge is 0.255 e. The summed E-state index contributed by atoms with van der Waals surface area (Å²) in [5, 5.41) is 3.36. The summed E-state index contributed by atoms with van der Waals surface area (Å²) < 4.78 is 27.8. The van der Waals surface area contributed by atoms with Crippen LogP contribution < -0.4 is 19.5 Å². The fourth-order valence-corrected chi connectivity index (χ4v) is 4.39. The zero-order valence-corrected chi connectivity index (χ0v) is 19.3. The van der Waals surface area contributed by atoms with Gasteiger partial charge in [0.05, 0.1) is 37.0 Å². The number of benzene rings is 1. The van der Waals surface area contributed by atoms with Crippen LogP contribution in [0.5, 0.6) is 17.2 Å². The summed E-state index contributed by atoms with van der Waals surface area (Å²) in [7, 11) is 4.97. The van der Waals surface area contributed by atoms with Gasteiger partial charge in [-0.15, -0.1) is 0 Å². The number of carbonyl (C=O) groups is 1. The summed E-state index contributed by atoms with van der Waals surface area (Å²) in [5.41, 5.74) is 0.355. The monoisotopic (exact) mass is 456 g/mol. The first-order valence-electron chi connectivity index (χ1n) is 10.8. The van der Waals surface area contributed by atoms with Crippen LogP contribution in [0.2, 0.25) is 5.02 Å². The molecule has 2 atom stereocenters. The van der Waals surface area contributed by atoms with Crippen LogP contribution in [0.25, 0.3) is 0 Å². The van der Waals surface area contributed by atoms with Crippen molar-refractivity contribution in [3.05, 3.63) is 16.7 Å². The van der Waals surface area contributed by atoms with E-state index in [1.165, 1.54) is 7.11 Å². The van der Waals surface area contributed by atoms with Crippen molar-refractivity contribution < 1.29 is 28.5 Å². The van der Waals surface area contributed by atoms with Gasteiger partial charge in [-0.25, -0.2) is 0 Å². The summed E-state index contributed by atoms with van der Waals surface area (Å²) in [5.74, 6) is 1.14. The Bertz CT molecular complexity index is 747. The van der Waals surface area contributed by atoms with E-state index in [1.807, 2.05) is 0 Å². The van der Waals surface area contributed by atoms with E-state index in [-0.39, 0.29) is 17.9 Å². The first kappa shape index (κ1) is 23.9. The number of methoxy groups -OCH3 is 3. The largest absolute Gasteiger partial charge is 0.491 e. The van der Waals surface area contributed by atoms with Gasteiger partial charge in [-0.2, -0.15) is 0 Å². The summed E-state index contributed by atoms with van der Waals surface area (Å²) in [6, 6.07) is 1.58. The number of rotatable bonds is 9. The minimum absolute atomic E-state index is 0.0627. The first-order chi connectivity index (χ1) is 15.1. The number of hydrogen-bond acceptors (Lipinski definition) is 7. The Morgan fingerprint density at radius 3 is 2.74 bits per heavy atom. The number of hydrogen-bond donors (Lipinski definition) is 1. The van der Waals surface area contributed by atoms with Crippen molar-refractivity contribution in [2.24, 2.45) is 5.92 Å². The lowest BCUT2D eigenvalue weighted by Gasteiger charge is -2.37. The molecule has 1 fully saturated rings. The quantitative estimate of drug-likeness (QED) is 0.572. The summed E-state index contributed by atoms with van der Waals surface area (Å²) >= 11 is 6.35. The van der Waals surface area contributed by atoms with Gasteiger partial charge in [-0.1, -0.05) is 11.6 Å². The van der Waals surface area contributed by atoms with Gasteiger partial charge in [0, 0.05) is 52.8 Å². The average molecular weight is 457 g/mol. The van der Waals surface area contributed by atoms with Crippen LogP contribution >= 0.6 is 11.6 Å². The van der Waals surface area contributed by atoms with Crippen molar-refractivity contribution in [3.63, 3.8) is 0 Å². The van der Waals surface area contributed by atoms with Crippen LogP contribution in [-0.4, -0.2) is 84.2 Å². The molecule has 2 aliphatic heterocycles. The second-order valence-electron chi connectivity index (χ2n) is 7.83. The second-order valence-corrected chi connectivity index (χ2v) is 8.24. The number of carbonyl (C=O) groups excluding carboxylic acids is 1. The Kier molecular flexibility index (Phi) is 9.07. The van der Waals surface area contributed by atoms with Gasteiger partial charge in [0.1, 0.15) is 0 Å². The highest BCUT2D eigenvalue weighted by Crippen LogP contribution is 2.46. The summed E-state index contributed by atoms with van der Waals surface area (Å²) in [6.45, 7) is 5.03. The van der Waals surface area contributed by atoms with E-state index in [2.05, 4.69) is 10.2 Å². The number of piperidine rings is 1. The minimum atomic E-state index is -0.247. The third-order valence-electron chi connectivity index (χ3n) is 5.81. The number of halogens is 1. The second kappa shape index (κ2) is 11.8.